The largest absolute Gasteiger partial charge is 0.573 e. The van der Waals surface area contributed by atoms with Gasteiger partial charge in [-0.05, 0) is 62.1 Å². The number of morpholine rings is 1. The lowest BCUT2D eigenvalue weighted by Gasteiger charge is -2.36. The molecule has 2 N–H and O–H groups in total. The molecule has 9 nitrogen and oxygen atoms in total. The number of hydrogen-bond donors (Lipinski definition) is 2. The van der Waals surface area contributed by atoms with Gasteiger partial charge in [-0.25, -0.2) is 4.79 Å². The highest BCUT2D eigenvalue weighted by Crippen LogP contribution is 2.41. The fourth-order valence-electron chi connectivity index (χ4n) is 5.86. The number of benzene rings is 2. The smallest absolute Gasteiger partial charge is 0.465 e. The van der Waals surface area contributed by atoms with Gasteiger partial charge in [0.05, 0.1) is 24.9 Å². The van der Waals surface area contributed by atoms with Gasteiger partial charge in [0.2, 0.25) is 0 Å². The van der Waals surface area contributed by atoms with E-state index in [0.717, 1.165) is 30.8 Å². The van der Waals surface area contributed by atoms with Crippen LogP contribution in [-0.2, 0) is 11.3 Å². The van der Waals surface area contributed by atoms with Crippen LogP contribution >= 0.6 is 0 Å². The molecule has 2 amide bonds. The highest BCUT2D eigenvalue weighted by Gasteiger charge is 2.34. The van der Waals surface area contributed by atoms with E-state index < -0.39 is 18.0 Å². The van der Waals surface area contributed by atoms with Crippen molar-refractivity contribution in [3.05, 3.63) is 65.9 Å². The molecule has 0 bridgehead atoms. The molecular weight excluding hydrogens is 577 g/mol. The molecule has 12 heteroatoms. The average molecular weight is 615 g/mol. The van der Waals surface area contributed by atoms with Crippen molar-refractivity contribution in [2.45, 2.75) is 51.7 Å². The van der Waals surface area contributed by atoms with Crippen LogP contribution in [0.15, 0.2) is 54.6 Å². The maximum absolute atomic E-state index is 13.2. The van der Waals surface area contributed by atoms with Gasteiger partial charge in [-0.15, -0.1) is 13.2 Å². The van der Waals surface area contributed by atoms with E-state index in [9.17, 15) is 27.9 Å². The molecule has 0 spiro atoms. The molecule has 0 unspecified atom stereocenters. The minimum absolute atomic E-state index is 0.221. The zero-order chi connectivity index (χ0) is 31.6. The number of alkyl halides is 3. The summed E-state index contributed by atoms with van der Waals surface area (Å²) in [5, 5.41) is 12.8. The van der Waals surface area contributed by atoms with Crippen molar-refractivity contribution >= 4 is 12.0 Å². The van der Waals surface area contributed by atoms with Gasteiger partial charge < -0.3 is 29.4 Å². The van der Waals surface area contributed by atoms with E-state index in [1.807, 2.05) is 49.6 Å². The first-order valence-electron chi connectivity index (χ1n) is 14.6. The van der Waals surface area contributed by atoms with E-state index in [1.54, 1.807) is 12.1 Å². The predicted octanol–water partition coefficient (Wildman–Crippen LogP) is 6.01. The van der Waals surface area contributed by atoms with Crippen molar-refractivity contribution < 1.29 is 37.3 Å². The van der Waals surface area contributed by atoms with Crippen molar-refractivity contribution in [2.24, 2.45) is 0 Å². The number of nitrogens with zero attached hydrogens (tertiary/aromatic N) is 3. The summed E-state index contributed by atoms with van der Waals surface area (Å²) in [5.41, 5.74) is 3.29. The first kappa shape index (κ1) is 31.4. The number of nitrogens with one attached hydrogen (secondary N) is 1. The van der Waals surface area contributed by atoms with E-state index >= 15 is 0 Å². The molecule has 1 fully saturated rings. The first-order chi connectivity index (χ1) is 20.8. The Morgan fingerprint density at radius 2 is 1.77 bits per heavy atom. The summed E-state index contributed by atoms with van der Waals surface area (Å²) >= 11 is 0. The first-order valence-corrected chi connectivity index (χ1v) is 14.6. The van der Waals surface area contributed by atoms with Gasteiger partial charge in [0.15, 0.2) is 0 Å². The number of carbonyl (C=O) groups excluding carboxylic acids is 1. The number of amides is 2. The number of carbonyl (C=O) groups is 2. The highest BCUT2D eigenvalue weighted by molar-refractivity contribution is 5.98. The topological polar surface area (TPSA) is 96.3 Å². The minimum Gasteiger partial charge on any atom is -0.465 e. The molecule has 3 aromatic rings. The Balaban J connectivity index is 1.57. The van der Waals surface area contributed by atoms with Crippen LogP contribution < -0.4 is 10.1 Å². The maximum Gasteiger partial charge on any atom is 0.573 e. The Labute approximate surface area is 254 Å². The molecule has 236 valence electrons. The van der Waals surface area contributed by atoms with Crippen LogP contribution in [0.3, 0.4) is 0 Å². The minimum atomic E-state index is -4.86. The predicted molar refractivity (Wildman–Crippen MR) is 159 cm³/mol. The summed E-state index contributed by atoms with van der Waals surface area (Å²) in [6.07, 6.45) is -5.49. The fourth-order valence-corrected chi connectivity index (χ4v) is 5.86. The third-order valence-corrected chi connectivity index (χ3v) is 7.98. The van der Waals surface area contributed by atoms with Crippen LogP contribution in [0.5, 0.6) is 5.75 Å². The Morgan fingerprint density at radius 3 is 2.41 bits per heavy atom. The third kappa shape index (κ3) is 7.19. The lowest BCUT2D eigenvalue weighted by Crippen LogP contribution is -2.47. The Kier molecular flexibility index (Phi) is 8.94. The molecule has 0 aliphatic carbocycles. The molecule has 0 radical (unpaired) electrons. The van der Waals surface area contributed by atoms with Crippen LogP contribution in [-0.4, -0.2) is 82.8 Å². The van der Waals surface area contributed by atoms with Crippen molar-refractivity contribution in [3.63, 3.8) is 0 Å². The van der Waals surface area contributed by atoms with Gasteiger partial charge in [0.25, 0.3) is 5.91 Å². The molecule has 3 heterocycles. The van der Waals surface area contributed by atoms with E-state index in [0.29, 0.717) is 42.1 Å². The molecule has 5 rings (SSSR count). The van der Waals surface area contributed by atoms with Crippen LogP contribution in [0.25, 0.3) is 22.4 Å². The van der Waals surface area contributed by atoms with Crippen LogP contribution in [0.4, 0.5) is 18.0 Å². The quantitative estimate of drug-likeness (QED) is 0.323. The zero-order valence-electron chi connectivity index (χ0n) is 25.0. The molecule has 2 aromatic carbocycles. The molecule has 1 atom stereocenters. The Bertz CT molecular complexity index is 1490. The van der Waals surface area contributed by atoms with Gasteiger partial charge in [0.1, 0.15) is 11.4 Å². The number of aromatic nitrogens is 1. The van der Waals surface area contributed by atoms with E-state index in [2.05, 4.69) is 15.0 Å². The SMILES string of the molecule is CC(C)(C)N(CC[C@H]1CNC(=O)c2cc(-c3cccc(OC(F)(F)F)c3)c(-c3ccc(CN4CCOCC4)cc3)n21)C(=O)O. The van der Waals surface area contributed by atoms with Gasteiger partial charge in [-0.3, -0.25) is 9.69 Å². The monoisotopic (exact) mass is 614 g/mol. The lowest BCUT2D eigenvalue weighted by molar-refractivity contribution is -0.274. The molecule has 0 saturated carbocycles. The normalized spacial score (nSPS) is 17.6. The Morgan fingerprint density at radius 1 is 1.07 bits per heavy atom. The summed E-state index contributed by atoms with van der Waals surface area (Å²) in [6, 6.07) is 15.0. The summed E-state index contributed by atoms with van der Waals surface area (Å²) in [4.78, 5) is 28.9. The van der Waals surface area contributed by atoms with Gasteiger partial charge in [-0.1, -0.05) is 36.4 Å². The lowest BCUT2D eigenvalue weighted by atomic mass is 9.99. The number of hydrogen-bond acceptors (Lipinski definition) is 5. The summed E-state index contributed by atoms with van der Waals surface area (Å²) in [6.45, 7) is 9.77. The van der Waals surface area contributed by atoms with Crippen LogP contribution in [0.2, 0.25) is 0 Å². The van der Waals surface area contributed by atoms with Gasteiger partial charge in [-0.2, -0.15) is 0 Å². The molecule has 2 aliphatic rings. The zero-order valence-corrected chi connectivity index (χ0v) is 25.0. The summed E-state index contributed by atoms with van der Waals surface area (Å²) in [5.74, 6) is -0.680. The van der Waals surface area contributed by atoms with Crippen molar-refractivity contribution in [1.29, 1.82) is 0 Å². The number of carboxylic acid groups (broad SMARTS) is 1. The molecule has 2 aliphatic heterocycles. The second-order valence-electron chi connectivity index (χ2n) is 12.1. The van der Waals surface area contributed by atoms with Crippen LogP contribution in [0, 0.1) is 0 Å². The molecular formula is C32H37F3N4O5. The standard InChI is InChI=1S/C32H37F3N4O5/c1-31(2,3)38(30(41)42)12-11-24-19-36-29(40)27-18-26(23-5-4-6-25(17-23)44-32(33,34)35)28(39(24)27)22-9-7-21(8-10-22)20-37-13-15-43-16-14-37/h4-10,17-18,24H,11-16,19-20H2,1-3H3,(H,36,40)(H,41,42)/t24-/m0/s1. The van der Waals surface area contributed by atoms with Crippen LogP contribution in [0.1, 0.15) is 49.3 Å². The Hall–Kier alpha value is -4.03. The molecule has 44 heavy (non-hydrogen) atoms. The van der Waals surface area contributed by atoms with Gasteiger partial charge >= 0.3 is 12.5 Å². The maximum atomic E-state index is 13.2. The molecule has 1 aromatic heterocycles. The number of rotatable bonds is 8. The number of ether oxygens (including phenoxy) is 2. The fraction of sp³-hybridized carbons (Fsp3) is 0.438. The van der Waals surface area contributed by atoms with Crippen molar-refractivity contribution in [2.75, 3.05) is 39.4 Å². The summed E-state index contributed by atoms with van der Waals surface area (Å²) < 4.78 is 50.8. The van der Waals surface area contributed by atoms with Crippen molar-refractivity contribution in [3.8, 4) is 28.1 Å². The van der Waals surface area contributed by atoms with E-state index in [1.165, 1.54) is 23.1 Å². The van der Waals surface area contributed by atoms with Crippen molar-refractivity contribution in [1.82, 2.24) is 19.7 Å². The number of halogens is 3. The second kappa shape index (κ2) is 12.5. The average Bonchev–Trinajstić information content (AvgIpc) is 3.35. The third-order valence-electron chi connectivity index (χ3n) is 7.98. The highest BCUT2D eigenvalue weighted by atomic mass is 19.4. The molecule has 1 saturated heterocycles. The van der Waals surface area contributed by atoms with Gasteiger partial charge in [0, 0.05) is 43.8 Å². The van der Waals surface area contributed by atoms with E-state index in [4.69, 9.17) is 4.74 Å². The summed E-state index contributed by atoms with van der Waals surface area (Å²) in [7, 11) is 0. The second-order valence-corrected chi connectivity index (χ2v) is 12.1. The number of fused-ring (bicyclic) bond motifs is 1. The van der Waals surface area contributed by atoms with E-state index in [-0.39, 0.29) is 30.8 Å².